The molecule has 13 heavy (non-hydrogen) atoms. The van der Waals surface area contributed by atoms with Gasteiger partial charge in [0.2, 0.25) is 0 Å². The predicted molar refractivity (Wildman–Crippen MR) is 52.5 cm³/mol. The van der Waals surface area contributed by atoms with Crippen molar-refractivity contribution in [3.05, 3.63) is 35.4 Å². The number of nitrogens with one attached hydrogen (secondary N) is 1. The second kappa shape index (κ2) is 3.90. The van der Waals surface area contributed by atoms with Crippen molar-refractivity contribution < 1.29 is 5.11 Å². The summed E-state index contributed by atoms with van der Waals surface area (Å²) >= 11 is 0. The summed E-state index contributed by atoms with van der Waals surface area (Å²) in [6, 6.07) is 8.75. The lowest BCUT2D eigenvalue weighted by molar-refractivity contribution is 0.237. The van der Waals surface area contributed by atoms with Gasteiger partial charge in [-0.1, -0.05) is 24.3 Å². The summed E-state index contributed by atoms with van der Waals surface area (Å²) in [6.07, 6.45) is 2.11. The van der Waals surface area contributed by atoms with Crippen LogP contribution in [0.5, 0.6) is 0 Å². The number of aliphatic hydroxyl groups excluding tert-OH is 1. The average Bonchev–Trinajstić information content (AvgIpc) is 2.39. The van der Waals surface area contributed by atoms with Gasteiger partial charge in [0.15, 0.2) is 0 Å². The van der Waals surface area contributed by atoms with Crippen molar-refractivity contribution in [2.75, 3.05) is 6.61 Å². The number of fused-ring (bicyclic) bond motifs is 1. The molecular formula is C11H15NO. The van der Waals surface area contributed by atoms with Gasteiger partial charge in [0.05, 0.1) is 6.61 Å². The third kappa shape index (κ3) is 1.90. The van der Waals surface area contributed by atoms with E-state index in [2.05, 4.69) is 29.6 Å². The Bertz CT molecular complexity index is 258. The molecule has 2 nitrogen and oxygen atoms in total. The zero-order chi connectivity index (χ0) is 9.10. The number of aliphatic hydroxyl groups is 1. The molecule has 1 aromatic rings. The lowest BCUT2D eigenvalue weighted by atomic mass is 10.0. The molecule has 70 valence electrons. The molecule has 1 aliphatic heterocycles. The van der Waals surface area contributed by atoms with Crippen molar-refractivity contribution in [1.29, 1.82) is 0 Å². The van der Waals surface area contributed by atoms with Gasteiger partial charge in [0.25, 0.3) is 0 Å². The quantitative estimate of drug-likeness (QED) is 0.673. The fourth-order valence-corrected chi connectivity index (χ4v) is 1.82. The summed E-state index contributed by atoms with van der Waals surface area (Å²) in [7, 11) is 0. The van der Waals surface area contributed by atoms with E-state index in [-0.39, 0.29) is 12.6 Å². The van der Waals surface area contributed by atoms with Crippen LogP contribution in [0.2, 0.25) is 0 Å². The first-order valence-corrected chi connectivity index (χ1v) is 4.81. The van der Waals surface area contributed by atoms with E-state index in [9.17, 15) is 0 Å². The third-order valence-electron chi connectivity index (χ3n) is 2.68. The molecule has 1 unspecified atom stereocenters. The van der Waals surface area contributed by atoms with E-state index in [0.29, 0.717) is 0 Å². The van der Waals surface area contributed by atoms with Crippen molar-refractivity contribution in [3.63, 3.8) is 0 Å². The van der Waals surface area contributed by atoms with Gasteiger partial charge in [0.1, 0.15) is 0 Å². The van der Waals surface area contributed by atoms with Gasteiger partial charge in [0, 0.05) is 12.6 Å². The van der Waals surface area contributed by atoms with E-state index in [1.807, 2.05) is 0 Å². The fourth-order valence-electron chi connectivity index (χ4n) is 1.82. The van der Waals surface area contributed by atoms with Crippen molar-refractivity contribution in [3.8, 4) is 0 Å². The molecule has 0 radical (unpaired) electrons. The van der Waals surface area contributed by atoms with Crippen molar-refractivity contribution in [2.45, 2.75) is 25.4 Å². The van der Waals surface area contributed by atoms with Crippen LogP contribution in [0, 0.1) is 0 Å². The number of rotatable bonds is 1. The van der Waals surface area contributed by atoms with Crippen LogP contribution in [0.15, 0.2) is 24.3 Å². The predicted octanol–water partition coefficient (Wildman–Crippen LogP) is 1.08. The SMILES string of the molecule is OCC1CCc2ccccc2CN1. The minimum Gasteiger partial charge on any atom is -0.395 e. The highest BCUT2D eigenvalue weighted by atomic mass is 16.3. The van der Waals surface area contributed by atoms with Crippen LogP contribution in [-0.4, -0.2) is 17.8 Å². The Morgan fingerprint density at radius 1 is 1.31 bits per heavy atom. The maximum Gasteiger partial charge on any atom is 0.0584 e. The zero-order valence-corrected chi connectivity index (χ0v) is 7.66. The van der Waals surface area contributed by atoms with Crippen LogP contribution in [0.3, 0.4) is 0 Å². The van der Waals surface area contributed by atoms with Crippen LogP contribution >= 0.6 is 0 Å². The van der Waals surface area contributed by atoms with E-state index in [1.165, 1.54) is 11.1 Å². The Morgan fingerprint density at radius 2 is 2.08 bits per heavy atom. The Kier molecular flexibility index (Phi) is 2.62. The standard InChI is InChI=1S/C11H15NO/c13-8-11-6-5-9-3-1-2-4-10(9)7-12-11/h1-4,11-13H,5-8H2. The minimum atomic E-state index is 0.244. The summed E-state index contributed by atoms with van der Waals surface area (Å²) in [5.74, 6) is 0. The summed E-state index contributed by atoms with van der Waals surface area (Å²) < 4.78 is 0. The molecule has 2 heteroatoms. The van der Waals surface area contributed by atoms with Gasteiger partial charge in [-0.25, -0.2) is 0 Å². The van der Waals surface area contributed by atoms with E-state index >= 15 is 0 Å². The Balaban J connectivity index is 2.17. The highest BCUT2D eigenvalue weighted by Crippen LogP contribution is 2.15. The summed E-state index contributed by atoms with van der Waals surface area (Å²) in [5, 5.41) is 12.4. The van der Waals surface area contributed by atoms with Crippen LogP contribution in [-0.2, 0) is 13.0 Å². The van der Waals surface area contributed by atoms with E-state index in [4.69, 9.17) is 5.11 Å². The largest absolute Gasteiger partial charge is 0.395 e. The first-order valence-electron chi connectivity index (χ1n) is 4.81. The number of hydrogen-bond donors (Lipinski definition) is 2. The van der Waals surface area contributed by atoms with Crippen LogP contribution < -0.4 is 5.32 Å². The van der Waals surface area contributed by atoms with Crippen LogP contribution in [0.25, 0.3) is 0 Å². The molecule has 0 saturated heterocycles. The summed E-state index contributed by atoms with van der Waals surface area (Å²) in [6.45, 7) is 1.13. The summed E-state index contributed by atoms with van der Waals surface area (Å²) in [4.78, 5) is 0. The van der Waals surface area contributed by atoms with Gasteiger partial charge < -0.3 is 10.4 Å². The Hall–Kier alpha value is -0.860. The second-order valence-electron chi connectivity index (χ2n) is 3.57. The summed E-state index contributed by atoms with van der Waals surface area (Å²) in [5.41, 5.74) is 2.80. The van der Waals surface area contributed by atoms with Gasteiger partial charge in [-0.2, -0.15) is 0 Å². The minimum absolute atomic E-state index is 0.244. The lowest BCUT2D eigenvalue weighted by Gasteiger charge is -2.10. The highest BCUT2D eigenvalue weighted by molar-refractivity contribution is 5.28. The van der Waals surface area contributed by atoms with E-state index < -0.39 is 0 Å². The van der Waals surface area contributed by atoms with E-state index in [1.54, 1.807) is 0 Å². The molecule has 0 bridgehead atoms. The molecule has 2 N–H and O–H groups in total. The molecule has 2 rings (SSSR count). The van der Waals surface area contributed by atoms with Crippen molar-refractivity contribution >= 4 is 0 Å². The second-order valence-corrected chi connectivity index (χ2v) is 3.57. The molecule has 0 spiro atoms. The molecular weight excluding hydrogens is 162 g/mol. The topological polar surface area (TPSA) is 32.3 Å². The lowest BCUT2D eigenvalue weighted by Crippen LogP contribution is -2.30. The first kappa shape index (κ1) is 8.73. The molecule has 1 atom stereocenters. The van der Waals surface area contributed by atoms with Gasteiger partial charge >= 0.3 is 0 Å². The molecule has 0 aromatic heterocycles. The molecule has 1 heterocycles. The average molecular weight is 177 g/mol. The van der Waals surface area contributed by atoms with Gasteiger partial charge in [-0.05, 0) is 24.0 Å². The molecule has 0 amide bonds. The molecule has 1 aromatic carbocycles. The number of aryl methyl sites for hydroxylation is 1. The third-order valence-corrected chi connectivity index (χ3v) is 2.68. The van der Waals surface area contributed by atoms with Gasteiger partial charge in [-0.3, -0.25) is 0 Å². The maximum absolute atomic E-state index is 9.03. The van der Waals surface area contributed by atoms with E-state index in [0.717, 1.165) is 19.4 Å². The Labute approximate surface area is 78.6 Å². The smallest absolute Gasteiger partial charge is 0.0584 e. The van der Waals surface area contributed by atoms with Crippen molar-refractivity contribution in [1.82, 2.24) is 5.32 Å². The van der Waals surface area contributed by atoms with Crippen LogP contribution in [0.4, 0.5) is 0 Å². The highest BCUT2D eigenvalue weighted by Gasteiger charge is 2.13. The number of benzene rings is 1. The maximum atomic E-state index is 9.03. The molecule has 0 fully saturated rings. The molecule has 0 aliphatic carbocycles. The monoisotopic (exact) mass is 177 g/mol. The Morgan fingerprint density at radius 3 is 2.85 bits per heavy atom. The molecule has 0 saturated carbocycles. The zero-order valence-electron chi connectivity index (χ0n) is 7.66. The normalized spacial score (nSPS) is 22.1. The van der Waals surface area contributed by atoms with Crippen LogP contribution in [0.1, 0.15) is 17.5 Å². The molecule has 1 aliphatic rings. The number of hydrogen-bond acceptors (Lipinski definition) is 2. The fraction of sp³-hybridized carbons (Fsp3) is 0.455. The van der Waals surface area contributed by atoms with Crippen molar-refractivity contribution in [2.24, 2.45) is 0 Å². The first-order chi connectivity index (χ1) is 6.40. The van der Waals surface area contributed by atoms with Gasteiger partial charge in [-0.15, -0.1) is 0 Å².